The predicted molar refractivity (Wildman–Crippen MR) is 133 cm³/mol. The molecule has 4 aromatic rings. The quantitative estimate of drug-likeness (QED) is 0.306. The number of fused-ring (bicyclic) bond motifs is 1. The van der Waals surface area contributed by atoms with Gasteiger partial charge in [0.25, 0.3) is 5.91 Å². The first-order valence-electron chi connectivity index (χ1n) is 11.6. The van der Waals surface area contributed by atoms with Crippen LogP contribution in [0.1, 0.15) is 53.7 Å². The van der Waals surface area contributed by atoms with Crippen LogP contribution in [-0.2, 0) is 6.54 Å². The maximum atomic E-state index is 13.5. The van der Waals surface area contributed by atoms with Crippen LogP contribution in [0, 0.1) is 5.92 Å². The first-order valence-corrected chi connectivity index (χ1v) is 11.9. The molecule has 0 bridgehead atoms. The molecule has 2 aromatic heterocycles. The van der Waals surface area contributed by atoms with Crippen molar-refractivity contribution >= 4 is 17.5 Å². The fourth-order valence-corrected chi connectivity index (χ4v) is 4.54. The maximum absolute atomic E-state index is 13.5. The summed E-state index contributed by atoms with van der Waals surface area (Å²) in [4.78, 5) is 15.3. The molecule has 0 fully saturated rings. The Bertz CT molecular complexity index is 1350. The zero-order valence-corrected chi connectivity index (χ0v) is 20.2. The zero-order valence-electron chi connectivity index (χ0n) is 19.5. The molecule has 180 valence electrons. The molecule has 1 amide bonds. The Balaban J connectivity index is 1.59. The minimum absolute atomic E-state index is 0.0325. The van der Waals surface area contributed by atoms with Crippen molar-refractivity contribution in [2.45, 2.75) is 32.9 Å². The van der Waals surface area contributed by atoms with Crippen molar-refractivity contribution in [3.63, 3.8) is 0 Å². The third-order valence-electron chi connectivity index (χ3n) is 6.12. The molecule has 0 saturated heterocycles. The van der Waals surface area contributed by atoms with Crippen molar-refractivity contribution in [3.8, 4) is 22.8 Å². The van der Waals surface area contributed by atoms with Gasteiger partial charge in [-0.15, -0.1) is 0 Å². The Morgan fingerprint density at radius 1 is 1.20 bits per heavy atom. The van der Waals surface area contributed by atoms with E-state index in [0.29, 0.717) is 45.8 Å². The Morgan fingerprint density at radius 2 is 2.06 bits per heavy atom. The van der Waals surface area contributed by atoms with Crippen LogP contribution in [0.2, 0.25) is 5.02 Å². The Morgan fingerprint density at radius 3 is 2.83 bits per heavy atom. The second-order valence-corrected chi connectivity index (χ2v) is 9.48. The Kier molecular flexibility index (Phi) is 6.26. The molecule has 1 aliphatic heterocycles. The molecule has 1 atom stereocenters. The number of benzene rings is 2. The van der Waals surface area contributed by atoms with E-state index in [2.05, 4.69) is 24.0 Å². The molecule has 0 saturated carbocycles. The monoisotopic (exact) mass is 491 g/mol. The van der Waals surface area contributed by atoms with E-state index in [4.69, 9.17) is 20.8 Å². The second kappa shape index (κ2) is 9.50. The smallest absolute Gasteiger partial charge is 0.273 e. The number of halogens is 1. The number of aromatic hydroxyl groups is 1. The molecule has 0 radical (unpaired) electrons. The summed E-state index contributed by atoms with van der Waals surface area (Å²) in [7, 11) is 0. The molecule has 3 heterocycles. The topological polar surface area (TPSA) is 91.6 Å². The molecule has 0 aliphatic carbocycles. The lowest BCUT2D eigenvalue weighted by atomic mass is 9.95. The van der Waals surface area contributed by atoms with Crippen molar-refractivity contribution in [1.29, 1.82) is 0 Å². The van der Waals surface area contributed by atoms with Crippen LogP contribution < -0.4 is 4.74 Å². The molecular weight excluding hydrogens is 466 g/mol. The number of ether oxygens (including phenoxy) is 1. The molecule has 5 rings (SSSR count). The molecular formula is C27H26ClN3O4. The average Bonchev–Trinajstić information content (AvgIpc) is 3.55. The number of hydrogen-bond acceptors (Lipinski definition) is 5. The standard InChI is InChI=1S/C27H26ClN3O4/c1-16(2)10-12-35-19-6-3-5-17(13-19)26-23-24(21-14-18(28)8-9-22(21)32)29-30-25(23)27(33)31(26)15-20-7-4-11-34-20/h3-9,11,13-14,16,26,32H,10,12,15H2,1-2H3,(H,29,30). The van der Waals surface area contributed by atoms with Crippen LogP contribution in [-0.4, -0.2) is 32.7 Å². The van der Waals surface area contributed by atoms with E-state index >= 15 is 0 Å². The number of furan rings is 1. The lowest BCUT2D eigenvalue weighted by Crippen LogP contribution is -2.29. The van der Waals surface area contributed by atoms with Crippen molar-refractivity contribution in [2.75, 3.05) is 6.61 Å². The van der Waals surface area contributed by atoms with Gasteiger partial charge in [-0.25, -0.2) is 0 Å². The van der Waals surface area contributed by atoms with Crippen LogP contribution >= 0.6 is 11.6 Å². The highest BCUT2D eigenvalue weighted by molar-refractivity contribution is 6.31. The molecule has 7 nitrogen and oxygen atoms in total. The van der Waals surface area contributed by atoms with Gasteiger partial charge in [0.1, 0.15) is 28.6 Å². The maximum Gasteiger partial charge on any atom is 0.273 e. The Hall–Kier alpha value is -3.71. The van der Waals surface area contributed by atoms with Gasteiger partial charge >= 0.3 is 0 Å². The van der Waals surface area contributed by atoms with E-state index in [9.17, 15) is 9.90 Å². The molecule has 2 N–H and O–H groups in total. The van der Waals surface area contributed by atoms with Crippen molar-refractivity contribution in [3.05, 3.63) is 88.5 Å². The van der Waals surface area contributed by atoms with Gasteiger partial charge in [-0.3, -0.25) is 9.89 Å². The lowest BCUT2D eigenvalue weighted by Gasteiger charge is -2.26. The van der Waals surface area contributed by atoms with Crippen LogP contribution in [0.5, 0.6) is 11.5 Å². The number of carbonyl (C=O) groups excluding carboxylic acids is 1. The average molecular weight is 492 g/mol. The van der Waals surface area contributed by atoms with E-state index in [-0.39, 0.29) is 18.2 Å². The summed E-state index contributed by atoms with van der Waals surface area (Å²) in [5, 5.41) is 18.3. The predicted octanol–water partition coefficient (Wildman–Crippen LogP) is 6.20. The fraction of sp³-hybridized carbons (Fsp3) is 0.259. The minimum Gasteiger partial charge on any atom is -0.507 e. The molecule has 0 spiro atoms. The largest absolute Gasteiger partial charge is 0.507 e. The first-order chi connectivity index (χ1) is 16.9. The second-order valence-electron chi connectivity index (χ2n) is 9.04. The van der Waals surface area contributed by atoms with Gasteiger partial charge in [-0.05, 0) is 60.4 Å². The van der Waals surface area contributed by atoms with Gasteiger partial charge in [0.2, 0.25) is 0 Å². The van der Waals surface area contributed by atoms with Crippen molar-refractivity contribution < 1.29 is 19.1 Å². The highest BCUT2D eigenvalue weighted by Gasteiger charge is 2.43. The van der Waals surface area contributed by atoms with Gasteiger partial charge in [0.05, 0.1) is 25.5 Å². The summed E-state index contributed by atoms with van der Waals surface area (Å²) in [5.74, 6) is 1.77. The molecule has 8 heteroatoms. The molecule has 2 aromatic carbocycles. The summed E-state index contributed by atoms with van der Waals surface area (Å²) in [6, 6.07) is 15.7. The third kappa shape index (κ3) is 4.51. The van der Waals surface area contributed by atoms with Crippen molar-refractivity contribution in [2.24, 2.45) is 5.92 Å². The summed E-state index contributed by atoms with van der Waals surface area (Å²) in [6.07, 6.45) is 2.53. The van der Waals surface area contributed by atoms with Gasteiger partial charge < -0.3 is 19.2 Å². The highest BCUT2D eigenvalue weighted by atomic mass is 35.5. The van der Waals surface area contributed by atoms with E-state index in [1.165, 1.54) is 6.07 Å². The van der Waals surface area contributed by atoms with Gasteiger partial charge in [-0.1, -0.05) is 37.6 Å². The van der Waals surface area contributed by atoms with Crippen LogP contribution in [0.3, 0.4) is 0 Å². The SMILES string of the molecule is CC(C)CCOc1cccc(C2c3c(-c4cc(Cl)ccc4O)n[nH]c3C(=O)N2Cc2ccco2)c1. The normalized spacial score (nSPS) is 15.1. The van der Waals surface area contributed by atoms with Gasteiger partial charge in [-0.2, -0.15) is 5.10 Å². The third-order valence-corrected chi connectivity index (χ3v) is 6.36. The highest BCUT2D eigenvalue weighted by Crippen LogP contribution is 2.46. The minimum atomic E-state index is -0.469. The van der Waals surface area contributed by atoms with E-state index in [1.54, 1.807) is 29.4 Å². The number of hydrogen-bond donors (Lipinski definition) is 2. The number of aromatic nitrogens is 2. The lowest BCUT2D eigenvalue weighted by molar-refractivity contribution is 0.0716. The summed E-state index contributed by atoms with van der Waals surface area (Å²) >= 11 is 6.23. The number of rotatable bonds is 8. The number of nitrogens with zero attached hydrogens (tertiary/aromatic N) is 2. The van der Waals surface area contributed by atoms with Crippen molar-refractivity contribution in [1.82, 2.24) is 15.1 Å². The Labute approximate surface area is 208 Å². The van der Waals surface area contributed by atoms with Crippen LogP contribution in [0.15, 0.2) is 65.3 Å². The number of aromatic amines is 1. The van der Waals surface area contributed by atoms with Crippen LogP contribution in [0.25, 0.3) is 11.3 Å². The number of H-pyrrole nitrogens is 1. The van der Waals surface area contributed by atoms with E-state index in [0.717, 1.165) is 17.7 Å². The fourth-order valence-electron chi connectivity index (χ4n) is 4.37. The summed E-state index contributed by atoms with van der Waals surface area (Å²) in [5.41, 5.74) is 2.86. The number of amides is 1. The van der Waals surface area contributed by atoms with Crippen LogP contribution in [0.4, 0.5) is 0 Å². The number of phenolic OH excluding ortho intramolecular Hbond substituents is 1. The molecule has 1 unspecified atom stereocenters. The summed E-state index contributed by atoms with van der Waals surface area (Å²) < 4.78 is 11.6. The molecule has 1 aliphatic rings. The zero-order chi connectivity index (χ0) is 24.5. The van der Waals surface area contributed by atoms with E-state index < -0.39 is 6.04 Å². The number of carbonyl (C=O) groups is 1. The number of nitrogens with one attached hydrogen (secondary N) is 1. The number of phenols is 1. The molecule has 35 heavy (non-hydrogen) atoms. The van der Waals surface area contributed by atoms with Gasteiger partial charge in [0.15, 0.2) is 0 Å². The first kappa shape index (κ1) is 23.1. The van der Waals surface area contributed by atoms with E-state index in [1.807, 2.05) is 30.3 Å². The van der Waals surface area contributed by atoms with Gasteiger partial charge in [0, 0.05) is 16.1 Å². The summed E-state index contributed by atoms with van der Waals surface area (Å²) in [6.45, 7) is 5.20.